The molecule has 5 rings (SSSR count). The van der Waals surface area contributed by atoms with Gasteiger partial charge in [-0.15, -0.1) is 0 Å². The van der Waals surface area contributed by atoms with E-state index in [1.54, 1.807) is 44.6 Å². The molecule has 0 radical (unpaired) electrons. The Morgan fingerprint density at radius 2 is 1.74 bits per heavy atom. The monoisotopic (exact) mass is 510 g/mol. The topological polar surface area (TPSA) is 117 Å². The lowest BCUT2D eigenvalue weighted by Gasteiger charge is -2.27. The van der Waals surface area contributed by atoms with E-state index in [1.807, 2.05) is 39.0 Å². The van der Waals surface area contributed by atoms with Crippen molar-refractivity contribution in [1.29, 1.82) is 5.26 Å². The number of carbonyl (C=O) groups is 1. The SMILES string of the molecule is COc1ccc(C2C(C#N)=C(N)Oc3cc(OC(=O)c4oc5c(C)c(C)ccc5c4C)ccc32)cc1OC. The molecular formula is C30H26N2O6. The molecular weight excluding hydrogens is 484 g/mol. The molecule has 1 atom stereocenters. The number of rotatable bonds is 5. The van der Waals surface area contributed by atoms with E-state index in [0.29, 0.717) is 34.0 Å². The van der Waals surface area contributed by atoms with Crippen molar-refractivity contribution in [2.24, 2.45) is 5.73 Å². The van der Waals surface area contributed by atoms with Crippen molar-refractivity contribution in [3.8, 4) is 29.1 Å². The molecule has 0 amide bonds. The first-order valence-electron chi connectivity index (χ1n) is 11.9. The smallest absolute Gasteiger partial charge is 0.379 e. The van der Waals surface area contributed by atoms with Gasteiger partial charge in [0.2, 0.25) is 11.6 Å². The van der Waals surface area contributed by atoms with Gasteiger partial charge in [-0.3, -0.25) is 0 Å². The third-order valence-corrected chi connectivity index (χ3v) is 6.95. The van der Waals surface area contributed by atoms with Gasteiger partial charge in [0, 0.05) is 22.6 Å². The number of carbonyl (C=O) groups excluding carboxylic acids is 1. The van der Waals surface area contributed by atoms with Crippen LogP contribution < -0.4 is 24.7 Å². The molecule has 8 heteroatoms. The van der Waals surface area contributed by atoms with Gasteiger partial charge in [-0.2, -0.15) is 5.26 Å². The summed E-state index contributed by atoms with van der Waals surface area (Å²) in [5.41, 5.74) is 11.3. The summed E-state index contributed by atoms with van der Waals surface area (Å²) in [5, 5.41) is 10.7. The van der Waals surface area contributed by atoms with E-state index in [0.717, 1.165) is 22.1 Å². The molecule has 0 saturated heterocycles. The number of benzene rings is 3. The standard InChI is InChI=1S/C30H26N2O6/c1-15-6-9-20-17(3)28(38-27(20)16(15)2)30(33)36-19-8-10-21-24(13-19)37-29(32)22(14-31)26(21)18-7-11-23(34-4)25(12-18)35-5/h6-13,26H,32H2,1-5H3. The van der Waals surface area contributed by atoms with Gasteiger partial charge < -0.3 is 29.1 Å². The lowest BCUT2D eigenvalue weighted by atomic mass is 9.83. The minimum atomic E-state index is -0.621. The quantitative estimate of drug-likeness (QED) is 0.264. The first kappa shape index (κ1) is 24.8. The van der Waals surface area contributed by atoms with E-state index in [2.05, 4.69) is 6.07 Å². The molecule has 192 valence electrons. The largest absolute Gasteiger partial charge is 0.493 e. The summed E-state index contributed by atoms with van der Waals surface area (Å²) in [7, 11) is 3.10. The van der Waals surface area contributed by atoms with E-state index in [-0.39, 0.29) is 23.0 Å². The van der Waals surface area contributed by atoms with E-state index in [4.69, 9.17) is 29.1 Å². The van der Waals surface area contributed by atoms with Crippen molar-refractivity contribution >= 4 is 16.9 Å². The number of nitrogens with two attached hydrogens (primary N) is 1. The van der Waals surface area contributed by atoms with Crippen LogP contribution in [0.4, 0.5) is 0 Å². The Balaban J connectivity index is 1.51. The fraction of sp³-hybridized carbons (Fsp3) is 0.200. The van der Waals surface area contributed by atoms with Crippen LogP contribution in [0.1, 0.15) is 44.3 Å². The minimum Gasteiger partial charge on any atom is -0.493 e. The van der Waals surface area contributed by atoms with E-state index < -0.39 is 11.9 Å². The molecule has 0 bridgehead atoms. The molecule has 2 heterocycles. The van der Waals surface area contributed by atoms with Crippen molar-refractivity contribution < 1.29 is 28.2 Å². The summed E-state index contributed by atoms with van der Waals surface area (Å²) in [6.07, 6.45) is 0. The van der Waals surface area contributed by atoms with Crippen LogP contribution in [0.25, 0.3) is 11.0 Å². The Morgan fingerprint density at radius 3 is 2.45 bits per heavy atom. The normalized spacial score (nSPS) is 14.5. The van der Waals surface area contributed by atoms with Crippen LogP contribution in [-0.4, -0.2) is 20.2 Å². The number of hydrogen-bond acceptors (Lipinski definition) is 8. The number of methoxy groups -OCH3 is 2. The maximum absolute atomic E-state index is 13.1. The van der Waals surface area contributed by atoms with Crippen molar-refractivity contribution in [3.05, 3.63) is 93.6 Å². The van der Waals surface area contributed by atoms with Crippen molar-refractivity contribution in [2.45, 2.75) is 26.7 Å². The molecule has 0 aliphatic carbocycles. The van der Waals surface area contributed by atoms with Crippen LogP contribution in [0.3, 0.4) is 0 Å². The lowest BCUT2D eigenvalue weighted by molar-refractivity contribution is 0.0702. The number of aryl methyl sites for hydroxylation is 3. The first-order valence-corrected chi connectivity index (χ1v) is 11.9. The van der Waals surface area contributed by atoms with E-state index in [1.165, 1.54) is 0 Å². The number of nitrogens with zero attached hydrogens (tertiary/aromatic N) is 1. The number of allylic oxidation sites excluding steroid dienone is 1. The predicted octanol–water partition coefficient (Wildman–Crippen LogP) is 5.81. The highest BCUT2D eigenvalue weighted by Crippen LogP contribution is 2.45. The third-order valence-electron chi connectivity index (χ3n) is 6.95. The highest BCUT2D eigenvalue weighted by Gasteiger charge is 2.32. The average Bonchev–Trinajstić information content (AvgIpc) is 3.26. The summed E-state index contributed by atoms with van der Waals surface area (Å²) >= 11 is 0. The van der Waals surface area contributed by atoms with Crippen molar-refractivity contribution in [1.82, 2.24) is 0 Å². The van der Waals surface area contributed by atoms with Gasteiger partial charge >= 0.3 is 5.97 Å². The number of nitriles is 1. The van der Waals surface area contributed by atoms with Gasteiger partial charge in [0.1, 0.15) is 28.7 Å². The molecule has 1 aromatic heterocycles. The molecule has 38 heavy (non-hydrogen) atoms. The van der Waals surface area contributed by atoms with Crippen molar-refractivity contribution in [3.63, 3.8) is 0 Å². The Bertz CT molecular complexity index is 1670. The molecule has 0 spiro atoms. The Hall–Kier alpha value is -4.90. The number of ether oxygens (including phenoxy) is 4. The van der Waals surface area contributed by atoms with Crippen LogP contribution in [0.2, 0.25) is 0 Å². The van der Waals surface area contributed by atoms with Crippen molar-refractivity contribution in [2.75, 3.05) is 14.2 Å². The van der Waals surface area contributed by atoms with Crippen LogP contribution >= 0.6 is 0 Å². The summed E-state index contributed by atoms with van der Waals surface area (Å²) in [4.78, 5) is 13.1. The van der Waals surface area contributed by atoms with Crippen LogP contribution in [-0.2, 0) is 0 Å². The highest BCUT2D eigenvalue weighted by molar-refractivity contribution is 5.98. The molecule has 0 fully saturated rings. The molecule has 1 aliphatic heterocycles. The maximum atomic E-state index is 13.1. The zero-order valence-electron chi connectivity index (χ0n) is 21.7. The minimum absolute atomic E-state index is 0.0257. The molecule has 1 aliphatic rings. The summed E-state index contributed by atoms with van der Waals surface area (Å²) in [6.45, 7) is 5.78. The highest BCUT2D eigenvalue weighted by atomic mass is 16.5. The summed E-state index contributed by atoms with van der Waals surface area (Å²) in [5.74, 6) is 0.684. The van der Waals surface area contributed by atoms with Crippen LogP contribution in [0.5, 0.6) is 23.0 Å². The summed E-state index contributed by atoms with van der Waals surface area (Å²) < 4.78 is 28.2. The molecule has 1 unspecified atom stereocenters. The molecule has 2 N–H and O–H groups in total. The van der Waals surface area contributed by atoms with Gasteiger partial charge in [-0.1, -0.05) is 24.3 Å². The van der Waals surface area contributed by atoms with E-state index >= 15 is 0 Å². The third kappa shape index (κ3) is 3.98. The number of hydrogen-bond donors (Lipinski definition) is 1. The predicted molar refractivity (Wildman–Crippen MR) is 141 cm³/mol. The second-order valence-corrected chi connectivity index (χ2v) is 9.07. The zero-order chi connectivity index (χ0) is 27.1. The van der Waals surface area contributed by atoms with Crippen LogP contribution in [0.15, 0.2) is 64.4 Å². The van der Waals surface area contributed by atoms with Gasteiger partial charge in [0.25, 0.3) is 0 Å². The fourth-order valence-corrected chi connectivity index (χ4v) is 4.74. The molecule has 0 saturated carbocycles. The number of esters is 1. The summed E-state index contributed by atoms with van der Waals surface area (Å²) in [6, 6.07) is 16.5. The lowest BCUT2D eigenvalue weighted by Crippen LogP contribution is -2.21. The second kappa shape index (κ2) is 9.52. The van der Waals surface area contributed by atoms with Gasteiger partial charge in [-0.25, -0.2) is 4.79 Å². The Kier molecular flexibility index (Phi) is 6.21. The fourth-order valence-electron chi connectivity index (χ4n) is 4.74. The average molecular weight is 511 g/mol. The Labute approximate surface area is 219 Å². The molecule has 4 aromatic rings. The first-order chi connectivity index (χ1) is 18.3. The molecule has 8 nitrogen and oxygen atoms in total. The van der Waals surface area contributed by atoms with Crippen LogP contribution in [0, 0.1) is 32.1 Å². The number of furan rings is 1. The number of fused-ring (bicyclic) bond motifs is 2. The van der Waals surface area contributed by atoms with Gasteiger partial charge in [-0.05, 0) is 55.7 Å². The Morgan fingerprint density at radius 1 is 0.974 bits per heavy atom. The second-order valence-electron chi connectivity index (χ2n) is 9.07. The zero-order valence-corrected chi connectivity index (χ0v) is 21.7. The van der Waals surface area contributed by atoms with Gasteiger partial charge in [0.05, 0.1) is 20.1 Å². The van der Waals surface area contributed by atoms with Gasteiger partial charge in [0.15, 0.2) is 11.5 Å². The maximum Gasteiger partial charge on any atom is 0.379 e. The molecule has 3 aromatic carbocycles. The van der Waals surface area contributed by atoms with E-state index in [9.17, 15) is 10.1 Å².